The second-order valence-electron chi connectivity index (χ2n) is 3.86. The van der Waals surface area contributed by atoms with Crippen LogP contribution in [0.2, 0.25) is 0 Å². The van der Waals surface area contributed by atoms with Crippen molar-refractivity contribution in [1.82, 2.24) is 14.9 Å². The molecule has 1 fully saturated rings. The van der Waals surface area contributed by atoms with E-state index in [-0.39, 0.29) is 6.04 Å². The zero-order valence-electron chi connectivity index (χ0n) is 8.58. The minimum atomic E-state index is -4.76. The summed E-state index contributed by atoms with van der Waals surface area (Å²) in [6, 6.07) is -0.268. The summed E-state index contributed by atoms with van der Waals surface area (Å²) >= 11 is 0. The number of rotatable bonds is 3. The van der Waals surface area contributed by atoms with Gasteiger partial charge < -0.3 is 0 Å². The van der Waals surface area contributed by atoms with Crippen molar-refractivity contribution in [2.45, 2.75) is 36.4 Å². The highest BCUT2D eigenvalue weighted by atomic mass is 32.2. The number of aromatic nitrogens is 2. The van der Waals surface area contributed by atoms with Crippen molar-refractivity contribution >= 4 is 10.0 Å². The Morgan fingerprint density at radius 3 is 2.53 bits per heavy atom. The first-order chi connectivity index (χ1) is 7.81. The lowest BCUT2D eigenvalue weighted by Gasteiger charge is -2.26. The summed E-state index contributed by atoms with van der Waals surface area (Å²) in [7, 11) is -4.15. The number of sulfonamides is 1. The van der Waals surface area contributed by atoms with Crippen LogP contribution in [0.1, 0.15) is 25.0 Å². The third kappa shape index (κ3) is 2.44. The molecule has 0 aromatic carbocycles. The number of hydrogen-bond acceptors (Lipinski definition) is 3. The normalized spacial score (nSPS) is 18.1. The lowest BCUT2D eigenvalue weighted by atomic mass is 9.94. The second kappa shape index (κ2) is 3.98. The van der Waals surface area contributed by atoms with Crippen LogP contribution < -0.4 is 4.72 Å². The van der Waals surface area contributed by atoms with Gasteiger partial charge in [0, 0.05) is 6.04 Å². The quantitative estimate of drug-likeness (QED) is 0.867. The summed E-state index contributed by atoms with van der Waals surface area (Å²) in [4.78, 5) is -0.850. The van der Waals surface area contributed by atoms with E-state index in [0.29, 0.717) is 19.0 Å². The summed E-state index contributed by atoms with van der Waals surface area (Å²) in [5.41, 5.74) is -1.34. The van der Waals surface area contributed by atoms with Crippen LogP contribution >= 0.6 is 0 Å². The Morgan fingerprint density at radius 1 is 1.41 bits per heavy atom. The molecule has 5 nitrogen and oxygen atoms in total. The van der Waals surface area contributed by atoms with E-state index in [1.165, 1.54) is 0 Å². The van der Waals surface area contributed by atoms with E-state index in [1.54, 1.807) is 5.10 Å². The van der Waals surface area contributed by atoms with Crippen LogP contribution in [0.4, 0.5) is 13.2 Å². The minimum Gasteiger partial charge on any atom is -0.272 e. The number of nitrogens with zero attached hydrogens (tertiary/aromatic N) is 1. The average molecular weight is 269 g/mol. The van der Waals surface area contributed by atoms with E-state index < -0.39 is 26.8 Å². The molecular formula is C8H10F3N3O2S. The van der Waals surface area contributed by atoms with Crippen LogP contribution in [0.3, 0.4) is 0 Å². The first-order valence-corrected chi connectivity index (χ1v) is 6.42. The van der Waals surface area contributed by atoms with Gasteiger partial charge in [0.25, 0.3) is 0 Å². The molecule has 0 saturated heterocycles. The standard InChI is InChI=1S/C8H10F3N3O2S/c9-8(10,11)7-6(4-12-13-7)17(15,16)14-5-2-1-3-5/h4-5,14H,1-3H2,(H,12,13). The van der Waals surface area contributed by atoms with E-state index in [1.807, 2.05) is 0 Å². The molecule has 0 aliphatic heterocycles. The molecule has 1 aliphatic carbocycles. The van der Waals surface area contributed by atoms with Crippen LogP contribution in [-0.4, -0.2) is 24.7 Å². The maximum absolute atomic E-state index is 12.5. The lowest BCUT2D eigenvalue weighted by Crippen LogP contribution is -2.39. The fraction of sp³-hybridized carbons (Fsp3) is 0.625. The smallest absolute Gasteiger partial charge is 0.272 e. The zero-order chi connectivity index (χ0) is 12.7. The molecule has 1 saturated carbocycles. The van der Waals surface area contributed by atoms with Gasteiger partial charge in [-0.1, -0.05) is 6.42 Å². The van der Waals surface area contributed by atoms with Crippen LogP contribution in [0, 0.1) is 0 Å². The maximum atomic E-state index is 12.5. The van der Waals surface area contributed by atoms with Crippen molar-refractivity contribution in [3.05, 3.63) is 11.9 Å². The van der Waals surface area contributed by atoms with Crippen molar-refractivity contribution < 1.29 is 21.6 Å². The fourth-order valence-electron chi connectivity index (χ4n) is 1.49. The van der Waals surface area contributed by atoms with E-state index in [0.717, 1.165) is 6.42 Å². The highest BCUT2D eigenvalue weighted by Crippen LogP contribution is 2.32. The molecule has 17 heavy (non-hydrogen) atoms. The molecule has 96 valence electrons. The van der Waals surface area contributed by atoms with Gasteiger partial charge in [-0.2, -0.15) is 18.3 Å². The van der Waals surface area contributed by atoms with Crippen LogP contribution in [0.15, 0.2) is 11.1 Å². The number of alkyl halides is 3. The molecular weight excluding hydrogens is 259 g/mol. The number of H-pyrrole nitrogens is 1. The second-order valence-corrected chi connectivity index (χ2v) is 5.54. The Hall–Kier alpha value is -1.09. The van der Waals surface area contributed by atoms with Crippen molar-refractivity contribution in [2.24, 2.45) is 0 Å². The number of halogens is 3. The van der Waals surface area contributed by atoms with Gasteiger partial charge >= 0.3 is 6.18 Å². The summed E-state index contributed by atoms with van der Waals surface area (Å²) in [5.74, 6) is 0. The van der Waals surface area contributed by atoms with Crippen LogP contribution in [0.5, 0.6) is 0 Å². The van der Waals surface area contributed by atoms with Gasteiger partial charge in [0.2, 0.25) is 10.0 Å². The van der Waals surface area contributed by atoms with Gasteiger partial charge in [-0.25, -0.2) is 13.1 Å². The third-order valence-corrected chi connectivity index (χ3v) is 4.14. The maximum Gasteiger partial charge on any atom is 0.434 e. The predicted octanol–water partition coefficient (Wildman–Crippen LogP) is 1.26. The number of aromatic amines is 1. The molecule has 2 rings (SSSR count). The van der Waals surface area contributed by atoms with E-state index >= 15 is 0 Å². The van der Waals surface area contributed by atoms with E-state index in [2.05, 4.69) is 9.82 Å². The van der Waals surface area contributed by atoms with Crippen LogP contribution in [-0.2, 0) is 16.2 Å². The highest BCUT2D eigenvalue weighted by Gasteiger charge is 2.40. The molecule has 0 spiro atoms. The van der Waals surface area contributed by atoms with Gasteiger partial charge in [0.05, 0.1) is 6.20 Å². The Kier molecular flexibility index (Phi) is 2.90. The van der Waals surface area contributed by atoms with Gasteiger partial charge in [0.1, 0.15) is 4.90 Å². The third-order valence-electron chi connectivity index (χ3n) is 2.60. The molecule has 1 aromatic rings. The molecule has 0 radical (unpaired) electrons. The summed E-state index contributed by atoms with van der Waals surface area (Å²) in [6.45, 7) is 0. The van der Waals surface area contributed by atoms with Gasteiger partial charge in [-0.3, -0.25) is 5.10 Å². The van der Waals surface area contributed by atoms with Crippen molar-refractivity contribution in [2.75, 3.05) is 0 Å². The zero-order valence-corrected chi connectivity index (χ0v) is 9.40. The fourth-order valence-corrected chi connectivity index (χ4v) is 2.91. The van der Waals surface area contributed by atoms with Crippen molar-refractivity contribution in [3.8, 4) is 0 Å². The van der Waals surface area contributed by atoms with Gasteiger partial charge in [-0.15, -0.1) is 0 Å². The largest absolute Gasteiger partial charge is 0.434 e. The lowest BCUT2D eigenvalue weighted by molar-refractivity contribution is -0.143. The molecule has 1 aromatic heterocycles. The highest BCUT2D eigenvalue weighted by molar-refractivity contribution is 7.89. The summed E-state index contributed by atoms with van der Waals surface area (Å²) < 4.78 is 63.1. The van der Waals surface area contributed by atoms with Crippen LogP contribution in [0.25, 0.3) is 0 Å². The molecule has 0 unspecified atom stereocenters. The SMILES string of the molecule is O=S(=O)(NC1CCC1)c1cn[nH]c1C(F)(F)F. The monoisotopic (exact) mass is 269 g/mol. The average Bonchev–Trinajstić information content (AvgIpc) is 2.59. The molecule has 0 amide bonds. The molecule has 1 aliphatic rings. The Labute approximate surface area is 95.5 Å². The molecule has 2 N–H and O–H groups in total. The number of nitrogens with one attached hydrogen (secondary N) is 2. The van der Waals surface area contributed by atoms with Crippen molar-refractivity contribution in [1.29, 1.82) is 0 Å². The topological polar surface area (TPSA) is 74.8 Å². The van der Waals surface area contributed by atoms with Gasteiger partial charge in [0.15, 0.2) is 5.69 Å². The van der Waals surface area contributed by atoms with E-state index in [9.17, 15) is 21.6 Å². The van der Waals surface area contributed by atoms with E-state index in [4.69, 9.17) is 0 Å². The first-order valence-electron chi connectivity index (χ1n) is 4.93. The summed E-state index contributed by atoms with van der Waals surface area (Å²) in [5, 5.41) is 4.81. The Balaban J connectivity index is 2.29. The number of hydrogen-bond donors (Lipinski definition) is 2. The van der Waals surface area contributed by atoms with Crippen molar-refractivity contribution in [3.63, 3.8) is 0 Å². The minimum absolute atomic E-state index is 0.268. The molecule has 0 bridgehead atoms. The predicted molar refractivity (Wildman–Crippen MR) is 51.6 cm³/mol. The Bertz CT molecular complexity index is 504. The molecule has 1 heterocycles. The Morgan fingerprint density at radius 2 is 2.06 bits per heavy atom. The molecule has 9 heteroatoms. The molecule has 0 atom stereocenters. The van der Waals surface area contributed by atoms with Gasteiger partial charge in [-0.05, 0) is 12.8 Å². The first kappa shape index (κ1) is 12.4. The summed E-state index contributed by atoms with van der Waals surface area (Å²) in [6.07, 6.45) is -1.91.